The van der Waals surface area contributed by atoms with E-state index in [4.69, 9.17) is 0 Å². The van der Waals surface area contributed by atoms with Gasteiger partial charge in [0.2, 0.25) is 0 Å². The normalized spacial score (nSPS) is 26.9. The number of hydrogen-bond acceptors (Lipinski definition) is 1. The number of allylic oxidation sites excluding steroid dienone is 2. The zero-order valence-electron chi connectivity index (χ0n) is 7.39. The van der Waals surface area contributed by atoms with Crippen molar-refractivity contribution in [1.29, 1.82) is 0 Å². The van der Waals surface area contributed by atoms with Crippen molar-refractivity contribution in [3.63, 3.8) is 0 Å². The lowest BCUT2D eigenvalue weighted by Gasteiger charge is -2.30. The molecule has 0 bridgehead atoms. The van der Waals surface area contributed by atoms with E-state index in [1.54, 1.807) is 6.08 Å². The van der Waals surface area contributed by atoms with E-state index in [2.05, 4.69) is 13.8 Å². The molecule has 0 atom stereocenters. The van der Waals surface area contributed by atoms with Crippen LogP contribution in [0.3, 0.4) is 0 Å². The summed E-state index contributed by atoms with van der Waals surface area (Å²) in [6, 6.07) is 0. The maximum Gasteiger partial charge on any atom is 0.142 e. The molecule has 0 radical (unpaired) electrons. The molecule has 0 aromatic carbocycles. The Morgan fingerprint density at radius 3 is 2.73 bits per heavy atom. The van der Waals surface area contributed by atoms with Gasteiger partial charge in [0.1, 0.15) is 6.29 Å². The number of carbonyl (C=O) groups excluding carboxylic acids is 1. The standard InChI is InChI=1S/C10H16O/c1-10(2)6-3-4-9(8-10)5-7-11/h5,7H,3-4,6,8H2,1-2H3. The highest BCUT2D eigenvalue weighted by atomic mass is 16.1. The first kappa shape index (κ1) is 8.51. The first-order valence-electron chi connectivity index (χ1n) is 4.27. The predicted molar refractivity (Wildman–Crippen MR) is 46.4 cm³/mol. The predicted octanol–water partition coefficient (Wildman–Crippen LogP) is 2.71. The van der Waals surface area contributed by atoms with Crippen LogP contribution in [-0.4, -0.2) is 6.29 Å². The molecule has 0 amide bonds. The van der Waals surface area contributed by atoms with Crippen molar-refractivity contribution < 1.29 is 4.79 Å². The molecule has 0 unspecified atom stereocenters. The van der Waals surface area contributed by atoms with E-state index < -0.39 is 0 Å². The van der Waals surface area contributed by atoms with Gasteiger partial charge in [-0.1, -0.05) is 19.4 Å². The molecule has 1 aliphatic rings. The van der Waals surface area contributed by atoms with Gasteiger partial charge in [-0.05, 0) is 37.2 Å². The molecular weight excluding hydrogens is 136 g/mol. The van der Waals surface area contributed by atoms with Crippen molar-refractivity contribution in [3.05, 3.63) is 11.6 Å². The third kappa shape index (κ3) is 2.49. The highest BCUT2D eigenvalue weighted by Gasteiger charge is 2.23. The smallest absolute Gasteiger partial charge is 0.142 e. The van der Waals surface area contributed by atoms with Crippen LogP contribution in [0, 0.1) is 5.41 Å². The quantitative estimate of drug-likeness (QED) is 0.417. The van der Waals surface area contributed by atoms with Crippen LogP contribution in [0.25, 0.3) is 0 Å². The summed E-state index contributed by atoms with van der Waals surface area (Å²) in [5.74, 6) is 0. The fourth-order valence-electron chi connectivity index (χ4n) is 1.82. The Bertz CT molecular complexity index is 177. The minimum Gasteiger partial charge on any atom is -0.299 e. The van der Waals surface area contributed by atoms with E-state index in [0.29, 0.717) is 5.41 Å². The van der Waals surface area contributed by atoms with E-state index >= 15 is 0 Å². The molecule has 0 aliphatic heterocycles. The fraction of sp³-hybridized carbons (Fsp3) is 0.700. The molecule has 1 aliphatic carbocycles. The molecule has 0 aromatic rings. The summed E-state index contributed by atoms with van der Waals surface area (Å²) in [5, 5.41) is 0. The Kier molecular flexibility index (Phi) is 2.48. The summed E-state index contributed by atoms with van der Waals surface area (Å²) >= 11 is 0. The summed E-state index contributed by atoms with van der Waals surface area (Å²) in [7, 11) is 0. The summed E-state index contributed by atoms with van der Waals surface area (Å²) in [6.07, 6.45) is 7.42. The molecule has 0 saturated heterocycles. The zero-order valence-corrected chi connectivity index (χ0v) is 7.39. The summed E-state index contributed by atoms with van der Waals surface area (Å²) in [6.45, 7) is 4.54. The molecule has 0 N–H and O–H groups in total. The van der Waals surface area contributed by atoms with E-state index in [1.165, 1.54) is 18.4 Å². The molecule has 1 fully saturated rings. The number of hydrogen-bond donors (Lipinski definition) is 0. The topological polar surface area (TPSA) is 17.1 Å². The lowest BCUT2D eigenvalue weighted by atomic mass is 9.75. The summed E-state index contributed by atoms with van der Waals surface area (Å²) in [4.78, 5) is 10.2. The Labute approximate surface area is 68.5 Å². The molecule has 62 valence electrons. The second-order valence-corrected chi connectivity index (χ2v) is 4.16. The van der Waals surface area contributed by atoms with Crippen LogP contribution in [0.15, 0.2) is 11.6 Å². The first-order valence-corrected chi connectivity index (χ1v) is 4.27. The first-order chi connectivity index (χ1) is 5.14. The third-order valence-corrected chi connectivity index (χ3v) is 2.36. The molecule has 1 nitrogen and oxygen atoms in total. The van der Waals surface area contributed by atoms with Crippen molar-refractivity contribution in [2.45, 2.75) is 39.5 Å². The molecule has 1 rings (SSSR count). The Balaban J connectivity index is 2.60. The Morgan fingerprint density at radius 1 is 1.45 bits per heavy atom. The van der Waals surface area contributed by atoms with E-state index in [9.17, 15) is 4.79 Å². The molecule has 0 aromatic heterocycles. The number of rotatable bonds is 1. The van der Waals surface area contributed by atoms with Crippen molar-refractivity contribution in [2.75, 3.05) is 0 Å². The molecule has 1 heteroatoms. The van der Waals surface area contributed by atoms with E-state index in [0.717, 1.165) is 19.1 Å². The minimum atomic E-state index is 0.424. The molecule has 0 spiro atoms. The second-order valence-electron chi connectivity index (χ2n) is 4.16. The summed E-state index contributed by atoms with van der Waals surface area (Å²) in [5.41, 5.74) is 1.75. The number of carbonyl (C=O) groups is 1. The van der Waals surface area contributed by atoms with Crippen molar-refractivity contribution in [1.82, 2.24) is 0 Å². The van der Waals surface area contributed by atoms with Crippen LogP contribution in [0.4, 0.5) is 0 Å². The van der Waals surface area contributed by atoms with Gasteiger partial charge in [-0.25, -0.2) is 0 Å². The van der Waals surface area contributed by atoms with Gasteiger partial charge >= 0.3 is 0 Å². The molecule has 1 saturated carbocycles. The van der Waals surface area contributed by atoms with E-state index in [-0.39, 0.29) is 0 Å². The van der Waals surface area contributed by atoms with Gasteiger partial charge in [0.25, 0.3) is 0 Å². The van der Waals surface area contributed by atoms with Crippen molar-refractivity contribution in [2.24, 2.45) is 5.41 Å². The van der Waals surface area contributed by atoms with Crippen LogP contribution in [0.5, 0.6) is 0 Å². The zero-order chi connectivity index (χ0) is 8.32. The van der Waals surface area contributed by atoms with Crippen LogP contribution in [0.2, 0.25) is 0 Å². The fourth-order valence-corrected chi connectivity index (χ4v) is 1.82. The highest BCUT2D eigenvalue weighted by Crippen LogP contribution is 2.37. The van der Waals surface area contributed by atoms with Crippen LogP contribution >= 0.6 is 0 Å². The largest absolute Gasteiger partial charge is 0.299 e. The van der Waals surface area contributed by atoms with Gasteiger partial charge in [-0.3, -0.25) is 4.79 Å². The minimum absolute atomic E-state index is 0.424. The van der Waals surface area contributed by atoms with Crippen LogP contribution in [-0.2, 0) is 4.79 Å². The van der Waals surface area contributed by atoms with Crippen LogP contribution in [0.1, 0.15) is 39.5 Å². The molecule has 11 heavy (non-hydrogen) atoms. The average Bonchev–Trinajstić information content (AvgIpc) is 1.85. The van der Waals surface area contributed by atoms with Gasteiger partial charge in [0, 0.05) is 0 Å². The van der Waals surface area contributed by atoms with Crippen molar-refractivity contribution >= 4 is 6.29 Å². The SMILES string of the molecule is CC1(C)CCCC(=CC=O)C1. The molecule has 0 heterocycles. The van der Waals surface area contributed by atoms with Gasteiger partial charge < -0.3 is 0 Å². The van der Waals surface area contributed by atoms with Gasteiger partial charge in [0.05, 0.1) is 0 Å². The van der Waals surface area contributed by atoms with Gasteiger partial charge in [0.15, 0.2) is 0 Å². The Hall–Kier alpha value is -0.590. The monoisotopic (exact) mass is 152 g/mol. The lowest BCUT2D eigenvalue weighted by Crippen LogP contribution is -2.17. The Morgan fingerprint density at radius 2 is 2.18 bits per heavy atom. The van der Waals surface area contributed by atoms with Gasteiger partial charge in [-0.2, -0.15) is 0 Å². The highest BCUT2D eigenvalue weighted by molar-refractivity contribution is 5.66. The second kappa shape index (κ2) is 3.21. The average molecular weight is 152 g/mol. The third-order valence-electron chi connectivity index (χ3n) is 2.36. The maximum absolute atomic E-state index is 10.2. The van der Waals surface area contributed by atoms with Crippen LogP contribution < -0.4 is 0 Å². The van der Waals surface area contributed by atoms with Crippen molar-refractivity contribution in [3.8, 4) is 0 Å². The summed E-state index contributed by atoms with van der Waals surface area (Å²) < 4.78 is 0. The lowest BCUT2D eigenvalue weighted by molar-refractivity contribution is -0.104. The maximum atomic E-state index is 10.2. The van der Waals surface area contributed by atoms with E-state index in [1.807, 2.05) is 0 Å². The van der Waals surface area contributed by atoms with Gasteiger partial charge in [-0.15, -0.1) is 0 Å². The molecular formula is C10H16O. The number of aldehydes is 1.